The summed E-state index contributed by atoms with van der Waals surface area (Å²) in [6, 6.07) is 16.1. The summed E-state index contributed by atoms with van der Waals surface area (Å²) in [5.74, 6) is 0. The van der Waals surface area contributed by atoms with E-state index in [9.17, 15) is 0 Å². The Bertz CT molecular complexity index is 654. The van der Waals surface area contributed by atoms with Crippen molar-refractivity contribution in [2.45, 2.75) is 0 Å². The molecule has 0 radical (unpaired) electrons. The van der Waals surface area contributed by atoms with E-state index in [2.05, 4.69) is 17.1 Å². The zero-order valence-electron chi connectivity index (χ0n) is 9.10. The highest BCUT2D eigenvalue weighted by Gasteiger charge is 2.03. The molecular weight excluding hydrogens is 230 g/mol. The van der Waals surface area contributed by atoms with Gasteiger partial charge in [0.1, 0.15) is 0 Å². The molecule has 82 valence electrons. The first kappa shape index (κ1) is 10.3. The first-order valence-corrected chi connectivity index (χ1v) is 5.81. The molecule has 1 nitrogen and oxygen atoms in total. The number of hydrogen-bond acceptors (Lipinski definition) is 1. The lowest BCUT2D eigenvalue weighted by Gasteiger charge is -2.05. The molecule has 17 heavy (non-hydrogen) atoms. The fourth-order valence-corrected chi connectivity index (χ4v) is 2.10. The van der Waals surface area contributed by atoms with Crippen LogP contribution in [0.5, 0.6) is 0 Å². The highest BCUT2D eigenvalue weighted by molar-refractivity contribution is 6.30. The average molecular weight is 240 g/mol. The lowest BCUT2D eigenvalue weighted by molar-refractivity contribution is 1.36. The summed E-state index contributed by atoms with van der Waals surface area (Å²) >= 11 is 5.90. The first-order chi connectivity index (χ1) is 8.34. The molecule has 3 aromatic rings. The van der Waals surface area contributed by atoms with E-state index in [-0.39, 0.29) is 0 Å². The molecule has 0 amide bonds. The van der Waals surface area contributed by atoms with Gasteiger partial charge in [-0.15, -0.1) is 0 Å². The van der Waals surface area contributed by atoms with Crippen molar-refractivity contribution >= 4 is 22.4 Å². The largest absolute Gasteiger partial charge is 0.263 e. The van der Waals surface area contributed by atoms with Crippen LogP contribution < -0.4 is 0 Å². The van der Waals surface area contributed by atoms with E-state index in [4.69, 9.17) is 11.6 Å². The molecule has 0 saturated carbocycles. The van der Waals surface area contributed by atoms with Crippen molar-refractivity contribution in [3.05, 3.63) is 65.9 Å². The van der Waals surface area contributed by atoms with E-state index in [0.717, 1.165) is 21.5 Å². The maximum absolute atomic E-state index is 5.90. The number of pyridine rings is 1. The van der Waals surface area contributed by atoms with Gasteiger partial charge in [0.25, 0.3) is 0 Å². The fraction of sp³-hybridized carbons (Fsp3) is 0. The van der Waals surface area contributed by atoms with Gasteiger partial charge in [-0.05, 0) is 23.1 Å². The van der Waals surface area contributed by atoms with Crippen LogP contribution in [0.25, 0.3) is 21.9 Å². The smallest absolute Gasteiger partial charge is 0.0406 e. The summed E-state index contributed by atoms with van der Waals surface area (Å²) in [5.41, 5.74) is 2.28. The first-order valence-electron chi connectivity index (χ1n) is 5.43. The second-order valence-corrected chi connectivity index (χ2v) is 4.35. The van der Waals surface area contributed by atoms with Gasteiger partial charge in [-0.2, -0.15) is 0 Å². The Morgan fingerprint density at radius 2 is 1.59 bits per heavy atom. The van der Waals surface area contributed by atoms with Crippen molar-refractivity contribution in [2.75, 3.05) is 0 Å². The van der Waals surface area contributed by atoms with Crippen molar-refractivity contribution in [3.63, 3.8) is 0 Å². The van der Waals surface area contributed by atoms with E-state index in [1.54, 1.807) is 0 Å². The van der Waals surface area contributed by atoms with Gasteiger partial charge < -0.3 is 0 Å². The van der Waals surface area contributed by atoms with E-state index in [1.165, 1.54) is 5.39 Å². The number of hydrogen-bond donors (Lipinski definition) is 0. The van der Waals surface area contributed by atoms with Crippen LogP contribution in [0.4, 0.5) is 0 Å². The van der Waals surface area contributed by atoms with Gasteiger partial charge in [0, 0.05) is 28.4 Å². The third-order valence-corrected chi connectivity index (χ3v) is 3.08. The minimum absolute atomic E-state index is 0.752. The molecule has 2 heteroatoms. The molecule has 0 aliphatic heterocycles. The number of aromatic nitrogens is 1. The summed E-state index contributed by atoms with van der Waals surface area (Å²) in [4.78, 5) is 4.28. The van der Waals surface area contributed by atoms with E-state index < -0.39 is 0 Å². The maximum Gasteiger partial charge on any atom is 0.0406 e. The molecule has 0 N–H and O–H groups in total. The molecule has 1 aromatic heterocycles. The molecule has 0 saturated heterocycles. The molecule has 3 rings (SSSR count). The van der Waals surface area contributed by atoms with Gasteiger partial charge in [0.2, 0.25) is 0 Å². The summed E-state index contributed by atoms with van der Waals surface area (Å²) in [7, 11) is 0. The Hall–Kier alpha value is -1.86. The van der Waals surface area contributed by atoms with E-state index in [0.29, 0.717) is 0 Å². The van der Waals surface area contributed by atoms with Gasteiger partial charge in [0.05, 0.1) is 0 Å². The Balaban J connectivity index is 2.27. The Morgan fingerprint density at radius 3 is 2.41 bits per heavy atom. The minimum Gasteiger partial charge on any atom is -0.263 e. The molecule has 2 aromatic carbocycles. The van der Waals surface area contributed by atoms with Gasteiger partial charge in [-0.3, -0.25) is 4.98 Å². The van der Waals surface area contributed by atoms with Crippen molar-refractivity contribution < 1.29 is 0 Å². The molecule has 1 heterocycles. The highest BCUT2D eigenvalue weighted by Crippen LogP contribution is 2.28. The van der Waals surface area contributed by atoms with Crippen molar-refractivity contribution in [2.24, 2.45) is 0 Å². The topological polar surface area (TPSA) is 12.9 Å². The molecule has 0 atom stereocenters. The number of fused-ring (bicyclic) bond motifs is 1. The van der Waals surface area contributed by atoms with Crippen LogP contribution in [0.2, 0.25) is 5.02 Å². The molecule has 0 fully saturated rings. The second-order valence-electron chi connectivity index (χ2n) is 3.92. The van der Waals surface area contributed by atoms with Gasteiger partial charge >= 0.3 is 0 Å². The molecule has 0 bridgehead atoms. The molecule has 0 aliphatic rings. The van der Waals surface area contributed by atoms with Crippen molar-refractivity contribution in [1.29, 1.82) is 0 Å². The average Bonchev–Trinajstić information content (AvgIpc) is 2.39. The van der Waals surface area contributed by atoms with Gasteiger partial charge in [0.15, 0.2) is 0 Å². The predicted molar refractivity (Wildman–Crippen MR) is 72.2 cm³/mol. The Kier molecular flexibility index (Phi) is 2.54. The van der Waals surface area contributed by atoms with Crippen LogP contribution in [0.3, 0.4) is 0 Å². The van der Waals surface area contributed by atoms with Crippen LogP contribution in [0.1, 0.15) is 0 Å². The van der Waals surface area contributed by atoms with Crippen LogP contribution in [0.15, 0.2) is 60.9 Å². The predicted octanol–water partition coefficient (Wildman–Crippen LogP) is 4.56. The number of benzene rings is 2. The van der Waals surface area contributed by atoms with Crippen LogP contribution in [-0.2, 0) is 0 Å². The highest BCUT2D eigenvalue weighted by atomic mass is 35.5. The lowest BCUT2D eigenvalue weighted by Crippen LogP contribution is -1.83. The molecule has 0 unspecified atom stereocenters. The molecular formula is C15H10ClN. The van der Waals surface area contributed by atoms with Crippen molar-refractivity contribution in [3.8, 4) is 11.1 Å². The Morgan fingerprint density at radius 1 is 0.824 bits per heavy atom. The number of rotatable bonds is 1. The van der Waals surface area contributed by atoms with E-state index >= 15 is 0 Å². The number of nitrogens with zero attached hydrogens (tertiary/aromatic N) is 1. The normalized spacial score (nSPS) is 10.6. The maximum atomic E-state index is 5.90. The number of halogens is 1. The standard InChI is InChI=1S/C15H10ClN/c16-13-7-5-11(6-8-13)15-10-17-9-12-3-1-2-4-14(12)15/h1-10H. The monoisotopic (exact) mass is 239 g/mol. The van der Waals surface area contributed by atoms with Crippen LogP contribution in [0, 0.1) is 0 Å². The zero-order valence-corrected chi connectivity index (χ0v) is 9.85. The Labute approximate surface area is 105 Å². The summed E-state index contributed by atoms with van der Waals surface area (Å²) in [6.45, 7) is 0. The van der Waals surface area contributed by atoms with Crippen molar-refractivity contribution in [1.82, 2.24) is 4.98 Å². The van der Waals surface area contributed by atoms with Crippen LogP contribution >= 0.6 is 11.6 Å². The third kappa shape index (κ3) is 1.90. The fourth-order valence-electron chi connectivity index (χ4n) is 1.98. The lowest BCUT2D eigenvalue weighted by atomic mass is 10.0. The van der Waals surface area contributed by atoms with Crippen LogP contribution in [-0.4, -0.2) is 4.98 Å². The third-order valence-electron chi connectivity index (χ3n) is 2.82. The summed E-state index contributed by atoms with van der Waals surface area (Å²) < 4.78 is 0. The van der Waals surface area contributed by atoms with Gasteiger partial charge in [-0.25, -0.2) is 0 Å². The van der Waals surface area contributed by atoms with Gasteiger partial charge in [-0.1, -0.05) is 48.0 Å². The summed E-state index contributed by atoms with van der Waals surface area (Å²) in [5, 5.41) is 3.12. The molecule has 0 aliphatic carbocycles. The summed E-state index contributed by atoms with van der Waals surface area (Å²) in [6.07, 6.45) is 3.78. The molecule has 0 spiro atoms. The van der Waals surface area contributed by atoms with E-state index in [1.807, 2.05) is 48.8 Å². The second kappa shape index (κ2) is 4.19. The quantitative estimate of drug-likeness (QED) is 0.607. The minimum atomic E-state index is 0.752. The SMILES string of the molecule is Clc1ccc(-c2cncc3ccccc23)cc1. The zero-order chi connectivity index (χ0) is 11.7.